The highest BCUT2D eigenvalue weighted by molar-refractivity contribution is 7.98. The van der Waals surface area contributed by atoms with Gasteiger partial charge in [0.15, 0.2) is 11.5 Å². The first kappa shape index (κ1) is 17.0. The maximum absolute atomic E-state index is 12.2. The van der Waals surface area contributed by atoms with Crippen molar-refractivity contribution < 1.29 is 9.47 Å². The number of thioether (sulfide) groups is 1. The fourth-order valence-electron chi connectivity index (χ4n) is 1.91. The molecule has 1 aromatic carbocycles. The summed E-state index contributed by atoms with van der Waals surface area (Å²) in [6.07, 6.45) is 3.35. The van der Waals surface area contributed by atoms with Crippen LogP contribution in [0.15, 0.2) is 33.3 Å². The number of benzene rings is 1. The lowest BCUT2D eigenvalue weighted by molar-refractivity contribution is 0.310. The Balaban J connectivity index is 2.48. The van der Waals surface area contributed by atoms with E-state index in [0.29, 0.717) is 28.8 Å². The Morgan fingerprint density at radius 2 is 2.17 bits per heavy atom. The second-order valence-corrected chi connectivity index (χ2v) is 5.22. The van der Waals surface area contributed by atoms with E-state index in [9.17, 15) is 4.79 Å². The van der Waals surface area contributed by atoms with Gasteiger partial charge >= 0.3 is 0 Å². The van der Waals surface area contributed by atoms with Crippen LogP contribution < -0.4 is 15.0 Å². The smallest absolute Gasteiger partial charge is 0.296 e. The number of rotatable bonds is 6. The van der Waals surface area contributed by atoms with Gasteiger partial charge in [0.25, 0.3) is 5.56 Å². The van der Waals surface area contributed by atoms with Crippen LogP contribution in [0.25, 0.3) is 0 Å². The number of aromatic nitrogens is 3. The van der Waals surface area contributed by atoms with Gasteiger partial charge in [0.1, 0.15) is 5.69 Å². The minimum atomic E-state index is -0.305. The van der Waals surface area contributed by atoms with Gasteiger partial charge in [-0.15, -0.1) is 10.2 Å². The van der Waals surface area contributed by atoms with Gasteiger partial charge in [0.2, 0.25) is 5.16 Å². The molecular formula is C15H18N4O3S. The summed E-state index contributed by atoms with van der Waals surface area (Å²) in [6, 6.07) is 5.48. The Labute approximate surface area is 138 Å². The number of hydrogen-bond donors (Lipinski definition) is 0. The standard InChI is InChI=1S/C15H18N4O3S/c1-5-22-12-8-6-7-11(13(12)21-3)9-16-19-14(20)10(2)17-18-15(19)23-4/h6-9H,5H2,1-4H3/b16-9-. The first-order valence-corrected chi connectivity index (χ1v) is 8.19. The number of methoxy groups -OCH3 is 1. The Morgan fingerprint density at radius 1 is 1.39 bits per heavy atom. The molecule has 1 aromatic heterocycles. The van der Waals surface area contributed by atoms with Crippen molar-refractivity contribution in [2.24, 2.45) is 5.10 Å². The molecule has 8 heteroatoms. The molecular weight excluding hydrogens is 316 g/mol. The summed E-state index contributed by atoms with van der Waals surface area (Å²) in [7, 11) is 1.56. The molecule has 0 fully saturated rings. The van der Waals surface area contributed by atoms with Crippen LogP contribution in [-0.4, -0.2) is 41.1 Å². The number of para-hydroxylation sites is 1. The summed E-state index contributed by atoms with van der Waals surface area (Å²) in [6.45, 7) is 4.03. The minimum absolute atomic E-state index is 0.287. The van der Waals surface area contributed by atoms with E-state index in [1.165, 1.54) is 16.4 Å². The molecule has 0 bridgehead atoms. The number of nitrogens with zero attached hydrogens (tertiary/aromatic N) is 4. The van der Waals surface area contributed by atoms with Gasteiger partial charge in [-0.05, 0) is 32.2 Å². The zero-order chi connectivity index (χ0) is 16.8. The minimum Gasteiger partial charge on any atom is -0.492 e. The van der Waals surface area contributed by atoms with Crippen molar-refractivity contribution in [3.63, 3.8) is 0 Å². The third kappa shape index (κ3) is 3.70. The van der Waals surface area contributed by atoms with Crippen LogP contribution in [0.3, 0.4) is 0 Å². The first-order valence-electron chi connectivity index (χ1n) is 6.96. The lowest BCUT2D eigenvalue weighted by Gasteiger charge is -2.11. The lowest BCUT2D eigenvalue weighted by Crippen LogP contribution is -2.23. The van der Waals surface area contributed by atoms with E-state index in [2.05, 4.69) is 15.3 Å². The summed E-state index contributed by atoms with van der Waals surface area (Å²) in [5.41, 5.74) is 0.683. The van der Waals surface area contributed by atoms with Gasteiger partial charge < -0.3 is 9.47 Å². The Bertz CT molecular complexity index is 774. The van der Waals surface area contributed by atoms with Gasteiger partial charge in [0, 0.05) is 5.56 Å². The predicted molar refractivity (Wildman–Crippen MR) is 90.0 cm³/mol. The van der Waals surface area contributed by atoms with E-state index in [1.807, 2.05) is 25.1 Å². The molecule has 122 valence electrons. The van der Waals surface area contributed by atoms with Gasteiger partial charge in [-0.25, -0.2) is 0 Å². The van der Waals surface area contributed by atoms with Crippen molar-refractivity contribution in [1.82, 2.24) is 14.9 Å². The van der Waals surface area contributed by atoms with Crippen molar-refractivity contribution in [3.05, 3.63) is 39.8 Å². The largest absolute Gasteiger partial charge is 0.492 e. The molecule has 2 aromatic rings. The molecule has 1 heterocycles. The Morgan fingerprint density at radius 3 is 2.83 bits per heavy atom. The number of ether oxygens (including phenoxy) is 2. The van der Waals surface area contributed by atoms with Crippen LogP contribution in [0.4, 0.5) is 0 Å². The highest BCUT2D eigenvalue weighted by Gasteiger charge is 2.10. The monoisotopic (exact) mass is 334 g/mol. The quantitative estimate of drug-likeness (QED) is 0.593. The van der Waals surface area contributed by atoms with Crippen LogP contribution in [0, 0.1) is 6.92 Å². The molecule has 0 radical (unpaired) electrons. The van der Waals surface area contributed by atoms with Gasteiger partial charge in [-0.3, -0.25) is 4.79 Å². The average molecular weight is 334 g/mol. The highest BCUT2D eigenvalue weighted by Crippen LogP contribution is 2.29. The molecule has 0 unspecified atom stereocenters. The van der Waals surface area contributed by atoms with Gasteiger partial charge in [0.05, 0.1) is 19.9 Å². The summed E-state index contributed by atoms with van der Waals surface area (Å²) in [5.74, 6) is 1.19. The summed E-state index contributed by atoms with van der Waals surface area (Å²) < 4.78 is 12.1. The van der Waals surface area contributed by atoms with Crippen molar-refractivity contribution in [3.8, 4) is 11.5 Å². The molecule has 0 saturated carbocycles. The van der Waals surface area contributed by atoms with Crippen molar-refractivity contribution >= 4 is 18.0 Å². The van der Waals surface area contributed by atoms with Crippen LogP contribution in [0.5, 0.6) is 11.5 Å². The molecule has 0 N–H and O–H groups in total. The summed E-state index contributed by atoms with van der Waals surface area (Å²) in [4.78, 5) is 12.2. The molecule has 0 aliphatic carbocycles. The Kier molecular flexibility index (Phi) is 5.75. The fraction of sp³-hybridized carbons (Fsp3) is 0.333. The molecule has 23 heavy (non-hydrogen) atoms. The number of hydrogen-bond acceptors (Lipinski definition) is 7. The maximum Gasteiger partial charge on any atom is 0.296 e. The van der Waals surface area contributed by atoms with Crippen LogP contribution in [-0.2, 0) is 0 Å². The SMILES string of the molecule is CCOc1cccc(/C=N\n2c(SC)nnc(C)c2=O)c1OC. The second-order valence-electron chi connectivity index (χ2n) is 4.45. The molecule has 0 saturated heterocycles. The highest BCUT2D eigenvalue weighted by atomic mass is 32.2. The third-order valence-corrected chi connectivity index (χ3v) is 3.60. The fourth-order valence-corrected chi connectivity index (χ4v) is 2.34. The Hall–Kier alpha value is -2.35. The first-order chi connectivity index (χ1) is 11.1. The average Bonchev–Trinajstić information content (AvgIpc) is 2.56. The van der Waals surface area contributed by atoms with E-state index < -0.39 is 0 Å². The molecule has 0 atom stereocenters. The van der Waals surface area contributed by atoms with Crippen LogP contribution in [0.2, 0.25) is 0 Å². The molecule has 0 aliphatic heterocycles. The summed E-state index contributed by atoms with van der Waals surface area (Å²) >= 11 is 1.29. The van der Waals surface area contributed by atoms with E-state index in [-0.39, 0.29) is 11.3 Å². The predicted octanol–water partition coefficient (Wildman–Crippen LogP) is 1.96. The zero-order valence-electron chi connectivity index (χ0n) is 13.4. The van der Waals surface area contributed by atoms with Gasteiger partial charge in [-0.1, -0.05) is 17.8 Å². The number of aryl methyl sites for hydroxylation is 1. The second kappa shape index (κ2) is 7.77. The van der Waals surface area contributed by atoms with E-state index >= 15 is 0 Å². The van der Waals surface area contributed by atoms with Crippen molar-refractivity contribution in [2.45, 2.75) is 19.0 Å². The van der Waals surface area contributed by atoms with Crippen molar-refractivity contribution in [1.29, 1.82) is 0 Å². The van der Waals surface area contributed by atoms with Crippen LogP contribution in [0.1, 0.15) is 18.2 Å². The topological polar surface area (TPSA) is 78.6 Å². The molecule has 0 aliphatic rings. The molecule has 2 rings (SSSR count). The molecule has 0 amide bonds. The van der Waals surface area contributed by atoms with Crippen LogP contribution >= 0.6 is 11.8 Å². The zero-order valence-corrected chi connectivity index (χ0v) is 14.3. The molecule has 0 spiro atoms. The third-order valence-electron chi connectivity index (χ3n) is 2.98. The maximum atomic E-state index is 12.2. The lowest BCUT2D eigenvalue weighted by atomic mass is 10.2. The van der Waals surface area contributed by atoms with E-state index in [4.69, 9.17) is 9.47 Å². The van der Waals surface area contributed by atoms with E-state index in [1.54, 1.807) is 26.5 Å². The summed E-state index contributed by atoms with van der Waals surface area (Å²) in [5, 5.41) is 12.4. The van der Waals surface area contributed by atoms with Gasteiger partial charge in [-0.2, -0.15) is 9.78 Å². The van der Waals surface area contributed by atoms with E-state index in [0.717, 1.165) is 0 Å². The normalized spacial score (nSPS) is 11.0. The molecule has 7 nitrogen and oxygen atoms in total. The van der Waals surface area contributed by atoms with Crippen molar-refractivity contribution in [2.75, 3.05) is 20.0 Å².